The van der Waals surface area contributed by atoms with E-state index in [1.807, 2.05) is 25.7 Å². The number of nitrogens with zero attached hydrogens (tertiary/aromatic N) is 1. The summed E-state index contributed by atoms with van der Waals surface area (Å²) in [6, 6.07) is 0.797. The number of hydrogen-bond donors (Lipinski definition) is 1. The third-order valence-corrected chi connectivity index (χ3v) is 3.98. The highest BCUT2D eigenvalue weighted by atomic mass is 16.6. The molecule has 0 aromatic rings. The summed E-state index contributed by atoms with van der Waals surface area (Å²) in [5.41, 5.74) is 5.69. The van der Waals surface area contributed by atoms with Gasteiger partial charge in [0.15, 0.2) is 0 Å². The third-order valence-electron chi connectivity index (χ3n) is 3.98. The molecule has 1 amide bonds. The molecule has 0 saturated carbocycles. The first-order valence-electron chi connectivity index (χ1n) is 6.56. The summed E-state index contributed by atoms with van der Waals surface area (Å²) >= 11 is 0. The van der Waals surface area contributed by atoms with E-state index in [1.54, 1.807) is 0 Å². The van der Waals surface area contributed by atoms with E-state index in [9.17, 15) is 4.79 Å². The molecule has 4 heteroatoms. The van der Waals surface area contributed by atoms with Crippen molar-refractivity contribution >= 4 is 6.09 Å². The lowest BCUT2D eigenvalue weighted by Crippen LogP contribution is -2.55. The van der Waals surface area contributed by atoms with Gasteiger partial charge in [-0.3, -0.25) is 0 Å². The van der Waals surface area contributed by atoms with Gasteiger partial charge in [0.1, 0.15) is 5.60 Å². The summed E-state index contributed by atoms with van der Waals surface area (Å²) in [6.45, 7) is 7.87. The van der Waals surface area contributed by atoms with E-state index in [0.717, 1.165) is 19.3 Å². The fourth-order valence-electron chi connectivity index (χ4n) is 3.07. The van der Waals surface area contributed by atoms with Crippen LogP contribution in [0.15, 0.2) is 0 Å². The van der Waals surface area contributed by atoms with Gasteiger partial charge in [0.25, 0.3) is 0 Å². The van der Waals surface area contributed by atoms with Crippen LogP contribution in [0.1, 0.15) is 47.0 Å². The largest absolute Gasteiger partial charge is 0.444 e. The normalized spacial score (nSPS) is 37.1. The molecule has 2 N–H and O–H groups in total. The number of amides is 1. The van der Waals surface area contributed by atoms with Crippen molar-refractivity contribution in [2.45, 2.75) is 70.7 Å². The maximum absolute atomic E-state index is 12.2. The number of fused-ring (bicyclic) bond motifs is 2. The van der Waals surface area contributed by atoms with Crippen LogP contribution in [0.4, 0.5) is 4.79 Å². The molecule has 0 aromatic heterocycles. The number of carbonyl (C=O) groups is 1. The van der Waals surface area contributed by atoms with Crippen LogP contribution >= 0.6 is 0 Å². The van der Waals surface area contributed by atoms with Crippen LogP contribution in [0.3, 0.4) is 0 Å². The van der Waals surface area contributed by atoms with E-state index in [-0.39, 0.29) is 18.2 Å². The predicted octanol–water partition coefficient (Wildman–Crippen LogP) is 2.12. The lowest BCUT2D eigenvalue weighted by atomic mass is 9.88. The molecule has 2 fully saturated rings. The molecule has 0 spiro atoms. The van der Waals surface area contributed by atoms with Crippen LogP contribution < -0.4 is 5.73 Å². The highest BCUT2D eigenvalue weighted by molar-refractivity contribution is 5.69. The fourth-order valence-corrected chi connectivity index (χ4v) is 3.07. The lowest BCUT2D eigenvalue weighted by Gasteiger charge is -2.42. The van der Waals surface area contributed by atoms with Gasteiger partial charge in [-0.2, -0.15) is 0 Å². The van der Waals surface area contributed by atoms with Crippen LogP contribution in [0.5, 0.6) is 0 Å². The monoisotopic (exact) mass is 240 g/mol. The van der Waals surface area contributed by atoms with Crippen molar-refractivity contribution in [2.24, 2.45) is 11.7 Å². The highest BCUT2D eigenvalue weighted by Gasteiger charge is 2.47. The second kappa shape index (κ2) is 4.16. The lowest BCUT2D eigenvalue weighted by molar-refractivity contribution is -0.00265. The molecule has 2 aliphatic rings. The first-order valence-corrected chi connectivity index (χ1v) is 6.56. The van der Waals surface area contributed by atoms with Gasteiger partial charge in [-0.1, -0.05) is 6.92 Å². The maximum atomic E-state index is 12.2. The van der Waals surface area contributed by atoms with Gasteiger partial charge in [-0.15, -0.1) is 0 Å². The Bertz CT molecular complexity index is 311. The molecule has 2 rings (SSSR count). The number of rotatable bonds is 0. The van der Waals surface area contributed by atoms with Gasteiger partial charge in [0.05, 0.1) is 0 Å². The number of carbonyl (C=O) groups excluding carboxylic acids is 1. The van der Waals surface area contributed by atoms with Gasteiger partial charge in [0.2, 0.25) is 0 Å². The molecule has 0 radical (unpaired) electrons. The Balaban J connectivity index is 2.10. The molecule has 4 nitrogen and oxygen atoms in total. The molecule has 4 unspecified atom stereocenters. The average Bonchev–Trinajstić information content (AvgIpc) is 2.51. The Morgan fingerprint density at radius 1 is 1.35 bits per heavy atom. The van der Waals surface area contributed by atoms with Crippen molar-refractivity contribution in [3.8, 4) is 0 Å². The van der Waals surface area contributed by atoms with Crippen molar-refractivity contribution in [3.63, 3.8) is 0 Å². The zero-order valence-electron chi connectivity index (χ0n) is 11.3. The smallest absolute Gasteiger partial charge is 0.410 e. The predicted molar refractivity (Wildman–Crippen MR) is 66.6 cm³/mol. The summed E-state index contributed by atoms with van der Waals surface area (Å²) < 4.78 is 5.49. The average molecular weight is 240 g/mol. The van der Waals surface area contributed by atoms with Crippen LogP contribution in [0.2, 0.25) is 0 Å². The minimum atomic E-state index is -0.417. The van der Waals surface area contributed by atoms with E-state index in [0.29, 0.717) is 12.0 Å². The summed E-state index contributed by atoms with van der Waals surface area (Å²) in [5.74, 6) is 0.376. The molecule has 2 saturated heterocycles. The molecular weight excluding hydrogens is 216 g/mol. The maximum Gasteiger partial charge on any atom is 0.410 e. The van der Waals surface area contributed by atoms with Crippen molar-refractivity contribution in [1.29, 1.82) is 0 Å². The van der Waals surface area contributed by atoms with E-state index in [4.69, 9.17) is 10.5 Å². The summed E-state index contributed by atoms with van der Waals surface area (Å²) in [6.07, 6.45) is 2.89. The van der Waals surface area contributed by atoms with Gasteiger partial charge in [-0.25, -0.2) is 4.79 Å². The Morgan fingerprint density at radius 2 is 2.00 bits per heavy atom. The van der Waals surface area contributed by atoms with Crippen molar-refractivity contribution in [1.82, 2.24) is 4.90 Å². The summed E-state index contributed by atoms with van der Waals surface area (Å²) in [7, 11) is 0. The summed E-state index contributed by atoms with van der Waals surface area (Å²) in [4.78, 5) is 14.1. The minimum Gasteiger partial charge on any atom is -0.444 e. The molecule has 2 aliphatic heterocycles. The number of nitrogens with two attached hydrogens (primary N) is 1. The van der Waals surface area contributed by atoms with Crippen LogP contribution in [-0.2, 0) is 4.74 Å². The molecule has 4 atom stereocenters. The second-order valence-corrected chi connectivity index (χ2v) is 6.44. The molecule has 2 bridgehead atoms. The Morgan fingerprint density at radius 3 is 2.59 bits per heavy atom. The Kier molecular flexibility index (Phi) is 3.10. The third kappa shape index (κ3) is 2.41. The number of ether oxygens (including phenoxy) is 1. The zero-order chi connectivity index (χ0) is 12.8. The Hall–Kier alpha value is -0.770. The van der Waals surface area contributed by atoms with Crippen molar-refractivity contribution in [2.75, 3.05) is 0 Å². The first-order chi connectivity index (χ1) is 7.79. The van der Waals surface area contributed by atoms with Crippen LogP contribution in [0, 0.1) is 5.92 Å². The molecular formula is C13H24N2O2. The number of piperidine rings is 1. The van der Waals surface area contributed by atoms with Crippen LogP contribution in [-0.4, -0.2) is 34.7 Å². The van der Waals surface area contributed by atoms with Gasteiger partial charge in [0, 0.05) is 18.1 Å². The second-order valence-electron chi connectivity index (χ2n) is 6.44. The molecule has 98 valence electrons. The van der Waals surface area contributed by atoms with Gasteiger partial charge in [-0.05, 0) is 46.0 Å². The first kappa shape index (κ1) is 12.7. The zero-order valence-corrected chi connectivity index (χ0v) is 11.3. The van der Waals surface area contributed by atoms with E-state index in [1.165, 1.54) is 0 Å². The van der Waals surface area contributed by atoms with E-state index >= 15 is 0 Å². The van der Waals surface area contributed by atoms with Crippen LogP contribution in [0.25, 0.3) is 0 Å². The topological polar surface area (TPSA) is 55.6 Å². The molecule has 17 heavy (non-hydrogen) atoms. The molecule has 0 aliphatic carbocycles. The quantitative estimate of drug-likeness (QED) is 0.705. The SMILES string of the molecule is CC1C(N)CC2CCC1N2C(=O)OC(C)(C)C. The van der Waals surface area contributed by atoms with Crippen molar-refractivity contribution in [3.05, 3.63) is 0 Å². The van der Waals surface area contributed by atoms with Crippen molar-refractivity contribution < 1.29 is 9.53 Å². The number of hydrogen-bond acceptors (Lipinski definition) is 3. The Labute approximate surface area is 103 Å². The van der Waals surface area contributed by atoms with E-state index in [2.05, 4.69) is 6.92 Å². The van der Waals surface area contributed by atoms with Gasteiger partial charge >= 0.3 is 6.09 Å². The molecule has 2 heterocycles. The van der Waals surface area contributed by atoms with Gasteiger partial charge < -0.3 is 15.4 Å². The summed E-state index contributed by atoms with van der Waals surface area (Å²) in [5, 5.41) is 0. The standard InChI is InChI=1S/C13H24N2O2/c1-8-10(14)7-9-5-6-11(8)15(9)12(16)17-13(2,3)4/h8-11H,5-7,14H2,1-4H3. The fraction of sp³-hybridized carbons (Fsp3) is 0.923. The minimum absolute atomic E-state index is 0.163. The van der Waals surface area contributed by atoms with E-state index < -0.39 is 5.60 Å². The molecule has 0 aromatic carbocycles. The highest BCUT2D eigenvalue weighted by Crippen LogP contribution is 2.39.